The quantitative estimate of drug-likeness (QED) is 0.767. The predicted octanol–water partition coefficient (Wildman–Crippen LogP) is 4.23. The van der Waals surface area contributed by atoms with Crippen molar-refractivity contribution in [1.82, 2.24) is 0 Å². The smallest absolute Gasteiger partial charge is 0.192 e. The van der Waals surface area contributed by atoms with E-state index in [1.165, 1.54) is 31.3 Å². The Kier molecular flexibility index (Phi) is 3.49. The number of benzene rings is 1. The molecular formula is C17H18O2. The molecule has 1 aromatic heterocycles. The first-order valence-corrected chi connectivity index (χ1v) is 7.02. The second-order valence-electron chi connectivity index (χ2n) is 5.18. The van der Waals surface area contributed by atoms with Crippen molar-refractivity contribution in [3.63, 3.8) is 0 Å². The van der Waals surface area contributed by atoms with E-state index in [9.17, 15) is 4.79 Å². The number of allylic oxidation sites excluding steroid dienone is 2. The molecule has 0 fully saturated rings. The highest BCUT2D eigenvalue weighted by molar-refractivity contribution is 5.76. The summed E-state index contributed by atoms with van der Waals surface area (Å²) in [6.07, 6.45) is 9.21. The Morgan fingerprint density at radius 2 is 2.00 bits per heavy atom. The molecule has 0 radical (unpaired) electrons. The molecule has 0 amide bonds. The second kappa shape index (κ2) is 5.43. The minimum absolute atomic E-state index is 0.0643. The fourth-order valence-corrected chi connectivity index (χ4v) is 2.69. The van der Waals surface area contributed by atoms with Crippen LogP contribution < -0.4 is 5.43 Å². The fourth-order valence-electron chi connectivity index (χ4n) is 2.69. The highest BCUT2D eigenvalue weighted by Gasteiger charge is 2.07. The Morgan fingerprint density at radius 3 is 2.84 bits per heavy atom. The van der Waals surface area contributed by atoms with E-state index in [1.807, 2.05) is 24.3 Å². The van der Waals surface area contributed by atoms with Gasteiger partial charge in [-0.15, -0.1) is 0 Å². The highest BCUT2D eigenvalue weighted by atomic mass is 16.3. The van der Waals surface area contributed by atoms with E-state index in [0.29, 0.717) is 11.0 Å². The zero-order chi connectivity index (χ0) is 13.1. The molecular weight excluding hydrogens is 236 g/mol. The number of hydrogen-bond acceptors (Lipinski definition) is 2. The van der Waals surface area contributed by atoms with Crippen LogP contribution in [0, 0.1) is 0 Å². The van der Waals surface area contributed by atoms with Gasteiger partial charge in [0.05, 0.1) is 5.39 Å². The summed E-state index contributed by atoms with van der Waals surface area (Å²) in [5.74, 6) is 0.801. The molecule has 0 saturated carbocycles. The van der Waals surface area contributed by atoms with Gasteiger partial charge in [-0.05, 0) is 44.2 Å². The Labute approximate surface area is 112 Å². The van der Waals surface area contributed by atoms with Crippen LogP contribution in [0.5, 0.6) is 0 Å². The first-order valence-electron chi connectivity index (χ1n) is 7.02. The molecule has 1 aliphatic rings. The van der Waals surface area contributed by atoms with Crippen LogP contribution in [0.2, 0.25) is 0 Å². The minimum atomic E-state index is 0.0643. The maximum Gasteiger partial charge on any atom is 0.192 e. The Balaban J connectivity index is 1.81. The molecule has 0 bridgehead atoms. The van der Waals surface area contributed by atoms with Gasteiger partial charge in [-0.2, -0.15) is 0 Å². The van der Waals surface area contributed by atoms with Crippen LogP contribution in [0.1, 0.15) is 37.9 Å². The summed E-state index contributed by atoms with van der Waals surface area (Å²) in [6, 6.07) is 9.09. The number of rotatable bonds is 3. The van der Waals surface area contributed by atoms with Crippen molar-refractivity contribution in [2.45, 2.75) is 38.5 Å². The third-order valence-electron chi connectivity index (χ3n) is 3.76. The van der Waals surface area contributed by atoms with Crippen LogP contribution >= 0.6 is 0 Å². The van der Waals surface area contributed by atoms with Crippen LogP contribution in [-0.4, -0.2) is 0 Å². The average Bonchev–Trinajstić information content (AvgIpc) is 2.46. The molecule has 3 rings (SSSR count). The normalized spacial score (nSPS) is 15.5. The van der Waals surface area contributed by atoms with Gasteiger partial charge in [0.25, 0.3) is 0 Å². The van der Waals surface area contributed by atoms with Crippen molar-refractivity contribution >= 4 is 11.0 Å². The monoisotopic (exact) mass is 254 g/mol. The maximum atomic E-state index is 12.0. The summed E-state index contributed by atoms with van der Waals surface area (Å²) in [5, 5.41) is 0.670. The molecule has 2 aromatic rings. The lowest BCUT2D eigenvalue weighted by Crippen LogP contribution is -2.03. The van der Waals surface area contributed by atoms with Crippen molar-refractivity contribution in [2.24, 2.45) is 0 Å². The number of hydrogen-bond donors (Lipinski definition) is 0. The molecule has 1 aromatic carbocycles. The Hall–Kier alpha value is -1.83. The summed E-state index contributed by atoms with van der Waals surface area (Å²) < 4.78 is 5.81. The largest absolute Gasteiger partial charge is 0.461 e. The zero-order valence-corrected chi connectivity index (χ0v) is 11.0. The van der Waals surface area contributed by atoms with E-state index < -0.39 is 0 Å². The first-order chi connectivity index (χ1) is 9.33. The van der Waals surface area contributed by atoms with Crippen LogP contribution in [0.15, 0.2) is 51.2 Å². The van der Waals surface area contributed by atoms with Gasteiger partial charge in [-0.3, -0.25) is 4.79 Å². The topological polar surface area (TPSA) is 30.2 Å². The third kappa shape index (κ3) is 2.78. The highest BCUT2D eigenvalue weighted by Crippen LogP contribution is 2.22. The van der Waals surface area contributed by atoms with Gasteiger partial charge in [0.15, 0.2) is 5.43 Å². The lowest BCUT2D eigenvalue weighted by Gasteiger charge is -2.12. The lowest BCUT2D eigenvalue weighted by atomic mass is 9.95. The van der Waals surface area contributed by atoms with E-state index >= 15 is 0 Å². The van der Waals surface area contributed by atoms with E-state index in [1.54, 1.807) is 6.07 Å². The summed E-state index contributed by atoms with van der Waals surface area (Å²) in [4.78, 5) is 12.0. The number of fused-ring (bicyclic) bond motifs is 1. The summed E-state index contributed by atoms with van der Waals surface area (Å²) in [5.41, 5.74) is 2.28. The van der Waals surface area contributed by atoms with Crippen molar-refractivity contribution in [1.29, 1.82) is 0 Å². The van der Waals surface area contributed by atoms with E-state index in [4.69, 9.17) is 4.42 Å². The molecule has 0 N–H and O–H groups in total. The molecule has 1 aliphatic carbocycles. The van der Waals surface area contributed by atoms with E-state index in [0.717, 1.165) is 18.6 Å². The molecule has 0 unspecified atom stereocenters. The zero-order valence-electron chi connectivity index (χ0n) is 11.0. The van der Waals surface area contributed by atoms with Gasteiger partial charge in [-0.1, -0.05) is 23.8 Å². The average molecular weight is 254 g/mol. The number of para-hydroxylation sites is 1. The molecule has 0 saturated heterocycles. The van der Waals surface area contributed by atoms with Gasteiger partial charge < -0.3 is 4.42 Å². The van der Waals surface area contributed by atoms with Crippen molar-refractivity contribution in [3.05, 3.63) is 58.0 Å². The van der Waals surface area contributed by atoms with Crippen LogP contribution in [0.25, 0.3) is 11.0 Å². The van der Waals surface area contributed by atoms with Gasteiger partial charge >= 0.3 is 0 Å². The van der Waals surface area contributed by atoms with E-state index in [2.05, 4.69) is 6.08 Å². The maximum absolute atomic E-state index is 12.0. The summed E-state index contributed by atoms with van der Waals surface area (Å²) in [7, 11) is 0. The Bertz CT molecular complexity index is 664. The molecule has 0 spiro atoms. The lowest BCUT2D eigenvalue weighted by molar-refractivity contribution is 0.529. The summed E-state index contributed by atoms with van der Waals surface area (Å²) >= 11 is 0. The molecule has 2 nitrogen and oxygen atoms in total. The molecule has 2 heteroatoms. The Morgan fingerprint density at radius 1 is 1.11 bits per heavy atom. The van der Waals surface area contributed by atoms with Gasteiger partial charge in [-0.25, -0.2) is 0 Å². The standard InChI is InChI=1S/C17H18O2/c18-16-12-14(11-10-13-6-2-1-3-7-13)19-17-9-5-4-8-15(16)17/h4-6,8-9,12H,1-3,7,10-11H2. The predicted molar refractivity (Wildman–Crippen MR) is 77.4 cm³/mol. The molecule has 98 valence electrons. The first kappa shape index (κ1) is 12.2. The fraction of sp³-hybridized carbons (Fsp3) is 0.353. The molecule has 0 aliphatic heterocycles. The second-order valence-corrected chi connectivity index (χ2v) is 5.18. The van der Waals surface area contributed by atoms with Crippen molar-refractivity contribution < 1.29 is 4.42 Å². The van der Waals surface area contributed by atoms with E-state index in [-0.39, 0.29) is 5.43 Å². The van der Waals surface area contributed by atoms with Crippen molar-refractivity contribution in [3.8, 4) is 0 Å². The van der Waals surface area contributed by atoms with Crippen LogP contribution in [0.3, 0.4) is 0 Å². The SMILES string of the molecule is O=c1cc(CCC2=CCCCC2)oc2ccccc12. The number of aryl methyl sites for hydroxylation is 1. The molecule has 19 heavy (non-hydrogen) atoms. The van der Waals surface area contributed by atoms with Crippen LogP contribution in [0.4, 0.5) is 0 Å². The van der Waals surface area contributed by atoms with Gasteiger partial charge in [0.1, 0.15) is 11.3 Å². The van der Waals surface area contributed by atoms with Crippen LogP contribution in [-0.2, 0) is 6.42 Å². The van der Waals surface area contributed by atoms with Gasteiger partial charge in [0, 0.05) is 12.5 Å². The van der Waals surface area contributed by atoms with Gasteiger partial charge in [0.2, 0.25) is 0 Å². The molecule has 1 heterocycles. The summed E-state index contributed by atoms with van der Waals surface area (Å²) in [6.45, 7) is 0. The minimum Gasteiger partial charge on any atom is -0.461 e. The third-order valence-corrected chi connectivity index (χ3v) is 3.76. The molecule has 0 atom stereocenters. The van der Waals surface area contributed by atoms with Crippen molar-refractivity contribution in [2.75, 3.05) is 0 Å².